The third-order valence-electron chi connectivity index (χ3n) is 4.33. The van der Waals surface area contributed by atoms with Gasteiger partial charge in [-0.05, 0) is 61.5 Å². The number of nitrogens with one attached hydrogen (secondary N) is 2. The summed E-state index contributed by atoms with van der Waals surface area (Å²) >= 11 is 11.9. The van der Waals surface area contributed by atoms with Crippen molar-refractivity contribution in [3.63, 3.8) is 0 Å². The van der Waals surface area contributed by atoms with Gasteiger partial charge < -0.3 is 20.1 Å². The van der Waals surface area contributed by atoms with Gasteiger partial charge in [-0.25, -0.2) is 0 Å². The molecular formula is C23H20Cl2N2O4. The van der Waals surface area contributed by atoms with E-state index in [1.807, 2.05) is 0 Å². The number of methoxy groups -OCH3 is 1. The third kappa shape index (κ3) is 5.90. The van der Waals surface area contributed by atoms with Crippen LogP contribution < -0.4 is 20.1 Å². The molecule has 0 spiro atoms. The van der Waals surface area contributed by atoms with Gasteiger partial charge in [-0.2, -0.15) is 0 Å². The van der Waals surface area contributed by atoms with Crippen molar-refractivity contribution in [1.82, 2.24) is 0 Å². The Kier molecular flexibility index (Phi) is 7.39. The van der Waals surface area contributed by atoms with E-state index in [-0.39, 0.29) is 11.8 Å². The molecule has 0 fully saturated rings. The largest absolute Gasteiger partial charge is 0.496 e. The van der Waals surface area contributed by atoms with Gasteiger partial charge in [0.2, 0.25) is 0 Å². The number of benzene rings is 3. The zero-order chi connectivity index (χ0) is 22.4. The Morgan fingerprint density at radius 2 is 1.65 bits per heavy atom. The molecular weight excluding hydrogens is 439 g/mol. The molecule has 8 heteroatoms. The number of amides is 2. The van der Waals surface area contributed by atoms with E-state index in [9.17, 15) is 9.59 Å². The molecule has 0 aromatic heterocycles. The minimum absolute atomic E-state index is 0.293. The van der Waals surface area contributed by atoms with Gasteiger partial charge in [0.05, 0.1) is 23.4 Å². The fraction of sp³-hybridized carbons (Fsp3) is 0.130. The lowest BCUT2D eigenvalue weighted by Crippen LogP contribution is -2.30. The van der Waals surface area contributed by atoms with Gasteiger partial charge in [0.15, 0.2) is 6.10 Å². The topological polar surface area (TPSA) is 76.7 Å². The standard InChI is InChI=1S/C23H20Cl2N2O4/c1-14(22(28)27-20-12-7-15(24)13-19(20)25)31-17-10-8-16(9-11-17)26-23(29)18-5-3-4-6-21(18)30-2/h3-14H,1-2H3,(H,26,29)(H,27,28)/t14-/m0/s1. The molecule has 0 unspecified atom stereocenters. The second kappa shape index (κ2) is 10.2. The summed E-state index contributed by atoms with van der Waals surface area (Å²) in [5.74, 6) is 0.303. The van der Waals surface area contributed by atoms with Gasteiger partial charge in [-0.15, -0.1) is 0 Å². The number of carbonyl (C=O) groups is 2. The van der Waals surface area contributed by atoms with Crippen LogP contribution in [0.1, 0.15) is 17.3 Å². The maximum absolute atomic E-state index is 12.5. The predicted molar refractivity (Wildman–Crippen MR) is 123 cm³/mol. The Labute approximate surface area is 190 Å². The van der Waals surface area contributed by atoms with E-state index >= 15 is 0 Å². The SMILES string of the molecule is COc1ccccc1C(=O)Nc1ccc(O[C@@H](C)C(=O)Nc2ccc(Cl)cc2Cl)cc1. The van der Waals surface area contributed by atoms with E-state index in [0.29, 0.717) is 38.5 Å². The number of anilines is 2. The summed E-state index contributed by atoms with van der Waals surface area (Å²) in [4.78, 5) is 24.9. The molecule has 0 saturated carbocycles. The fourth-order valence-corrected chi connectivity index (χ4v) is 3.19. The highest BCUT2D eigenvalue weighted by Gasteiger charge is 2.17. The van der Waals surface area contributed by atoms with E-state index in [4.69, 9.17) is 32.7 Å². The van der Waals surface area contributed by atoms with Gasteiger partial charge in [0.25, 0.3) is 11.8 Å². The molecule has 31 heavy (non-hydrogen) atoms. The lowest BCUT2D eigenvalue weighted by Gasteiger charge is -2.16. The number of carbonyl (C=O) groups excluding carboxylic acids is 2. The Morgan fingerprint density at radius 1 is 0.935 bits per heavy atom. The molecule has 3 aromatic rings. The summed E-state index contributed by atoms with van der Waals surface area (Å²) in [6.45, 7) is 1.62. The van der Waals surface area contributed by atoms with Crippen LogP contribution >= 0.6 is 23.2 Å². The van der Waals surface area contributed by atoms with Crippen LogP contribution in [0.4, 0.5) is 11.4 Å². The van der Waals surface area contributed by atoms with Crippen molar-refractivity contribution < 1.29 is 19.1 Å². The molecule has 0 radical (unpaired) electrons. The van der Waals surface area contributed by atoms with Crippen LogP contribution in [0.3, 0.4) is 0 Å². The molecule has 0 aliphatic heterocycles. The summed E-state index contributed by atoms with van der Waals surface area (Å²) in [7, 11) is 1.51. The molecule has 3 aromatic carbocycles. The van der Waals surface area contributed by atoms with E-state index in [2.05, 4.69) is 10.6 Å². The highest BCUT2D eigenvalue weighted by Crippen LogP contribution is 2.26. The van der Waals surface area contributed by atoms with Crippen molar-refractivity contribution in [3.8, 4) is 11.5 Å². The number of hydrogen-bond acceptors (Lipinski definition) is 4. The first-order valence-corrected chi connectivity index (χ1v) is 10.1. The lowest BCUT2D eigenvalue weighted by molar-refractivity contribution is -0.122. The van der Waals surface area contributed by atoms with Crippen LogP contribution in [0.15, 0.2) is 66.7 Å². The molecule has 160 valence electrons. The number of para-hydroxylation sites is 1. The highest BCUT2D eigenvalue weighted by atomic mass is 35.5. The minimum atomic E-state index is -0.777. The smallest absolute Gasteiger partial charge is 0.265 e. The van der Waals surface area contributed by atoms with Crippen LogP contribution in [0.25, 0.3) is 0 Å². The van der Waals surface area contributed by atoms with Crippen LogP contribution in [0.5, 0.6) is 11.5 Å². The number of ether oxygens (including phenoxy) is 2. The molecule has 0 heterocycles. The number of hydrogen-bond donors (Lipinski definition) is 2. The van der Waals surface area contributed by atoms with E-state index < -0.39 is 6.10 Å². The Bertz CT molecular complexity index is 1090. The Hall–Kier alpha value is -3.22. The van der Waals surface area contributed by atoms with Gasteiger partial charge in [0, 0.05) is 10.7 Å². The van der Waals surface area contributed by atoms with Crippen LogP contribution in [0, 0.1) is 0 Å². The van der Waals surface area contributed by atoms with E-state index in [1.165, 1.54) is 7.11 Å². The molecule has 0 bridgehead atoms. The summed E-state index contributed by atoms with van der Waals surface area (Å²) in [5, 5.41) is 6.31. The van der Waals surface area contributed by atoms with Crippen molar-refractivity contribution in [3.05, 3.63) is 82.3 Å². The van der Waals surface area contributed by atoms with Crippen molar-refractivity contribution in [2.75, 3.05) is 17.7 Å². The maximum atomic E-state index is 12.5. The van der Waals surface area contributed by atoms with Crippen molar-refractivity contribution in [1.29, 1.82) is 0 Å². The zero-order valence-electron chi connectivity index (χ0n) is 16.8. The first kappa shape index (κ1) is 22.5. The Morgan fingerprint density at radius 3 is 2.32 bits per heavy atom. The van der Waals surface area contributed by atoms with Gasteiger partial charge in [-0.1, -0.05) is 35.3 Å². The Balaban J connectivity index is 1.59. The molecule has 0 saturated heterocycles. The van der Waals surface area contributed by atoms with Gasteiger partial charge in [0.1, 0.15) is 11.5 Å². The second-order valence-corrected chi connectivity index (χ2v) is 7.40. The molecule has 6 nitrogen and oxygen atoms in total. The quantitative estimate of drug-likeness (QED) is 0.478. The van der Waals surface area contributed by atoms with Gasteiger partial charge in [-0.3, -0.25) is 9.59 Å². The van der Waals surface area contributed by atoms with Crippen LogP contribution in [-0.2, 0) is 4.79 Å². The average Bonchev–Trinajstić information content (AvgIpc) is 2.76. The van der Waals surface area contributed by atoms with Crippen molar-refractivity contribution >= 4 is 46.4 Å². The first-order valence-electron chi connectivity index (χ1n) is 9.34. The molecule has 0 aliphatic carbocycles. The highest BCUT2D eigenvalue weighted by molar-refractivity contribution is 6.36. The molecule has 0 aliphatic rings. The van der Waals surface area contributed by atoms with E-state index in [1.54, 1.807) is 73.7 Å². The number of rotatable bonds is 7. The van der Waals surface area contributed by atoms with Crippen LogP contribution in [-0.4, -0.2) is 25.0 Å². The summed E-state index contributed by atoms with van der Waals surface area (Å²) in [6, 6.07) is 18.4. The normalized spacial score (nSPS) is 11.4. The molecule has 3 rings (SSSR count). The van der Waals surface area contributed by atoms with Gasteiger partial charge >= 0.3 is 0 Å². The summed E-state index contributed by atoms with van der Waals surface area (Å²) in [5.41, 5.74) is 1.45. The minimum Gasteiger partial charge on any atom is -0.496 e. The second-order valence-electron chi connectivity index (χ2n) is 6.55. The molecule has 2 amide bonds. The molecule has 1 atom stereocenters. The first-order chi connectivity index (χ1) is 14.9. The van der Waals surface area contributed by atoms with E-state index in [0.717, 1.165) is 0 Å². The van der Waals surface area contributed by atoms with Crippen molar-refractivity contribution in [2.24, 2.45) is 0 Å². The summed E-state index contributed by atoms with van der Waals surface area (Å²) < 4.78 is 10.9. The monoisotopic (exact) mass is 458 g/mol. The average molecular weight is 459 g/mol. The molecule has 2 N–H and O–H groups in total. The maximum Gasteiger partial charge on any atom is 0.265 e. The predicted octanol–water partition coefficient (Wildman–Crippen LogP) is 5.66. The van der Waals surface area contributed by atoms with Crippen LogP contribution in [0.2, 0.25) is 10.0 Å². The van der Waals surface area contributed by atoms with Crippen molar-refractivity contribution in [2.45, 2.75) is 13.0 Å². The fourth-order valence-electron chi connectivity index (χ4n) is 2.73. The lowest BCUT2D eigenvalue weighted by atomic mass is 10.2. The zero-order valence-corrected chi connectivity index (χ0v) is 18.3. The summed E-state index contributed by atoms with van der Waals surface area (Å²) in [6.07, 6.45) is -0.777. The third-order valence-corrected chi connectivity index (χ3v) is 4.88. The number of halogens is 2.